The van der Waals surface area contributed by atoms with Gasteiger partial charge in [-0.3, -0.25) is 4.99 Å². The van der Waals surface area contributed by atoms with Crippen LogP contribution in [0.5, 0.6) is 0 Å². The Hall–Kier alpha value is -2.38. The number of hydrogen-bond acceptors (Lipinski definition) is 1. The number of rotatable bonds is 4. The third-order valence-corrected chi connectivity index (χ3v) is 3.73. The van der Waals surface area contributed by atoms with Crippen LogP contribution in [-0.4, -0.2) is 6.21 Å². The predicted molar refractivity (Wildman–Crippen MR) is 93.8 cm³/mol. The van der Waals surface area contributed by atoms with E-state index < -0.39 is 0 Å². The second-order valence-electron chi connectivity index (χ2n) is 5.05. The van der Waals surface area contributed by atoms with Crippen molar-refractivity contribution in [1.29, 1.82) is 0 Å². The van der Waals surface area contributed by atoms with Crippen LogP contribution in [0.2, 0.25) is 5.02 Å². The Morgan fingerprint density at radius 2 is 1.18 bits per heavy atom. The van der Waals surface area contributed by atoms with Crippen LogP contribution in [0.15, 0.2) is 89.9 Å². The topological polar surface area (TPSA) is 12.4 Å². The largest absolute Gasteiger partial charge is 0.280 e. The third kappa shape index (κ3) is 3.63. The smallest absolute Gasteiger partial charge is 0.0999 e. The summed E-state index contributed by atoms with van der Waals surface area (Å²) in [7, 11) is 0. The number of hydrogen-bond donors (Lipinski definition) is 0. The maximum atomic E-state index is 5.92. The van der Waals surface area contributed by atoms with Gasteiger partial charge in [-0.25, -0.2) is 0 Å². The lowest BCUT2D eigenvalue weighted by molar-refractivity contribution is 0.878. The first kappa shape index (κ1) is 14.6. The number of aliphatic imine (C=N–C) groups is 1. The van der Waals surface area contributed by atoms with Gasteiger partial charge in [0, 0.05) is 11.2 Å². The van der Waals surface area contributed by atoms with Gasteiger partial charge in [0.2, 0.25) is 0 Å². The second-order valence-corrected chi connectivity index (χ2v) is 5.49. The molecule has 0 saturated heterocycles. The van der Waals surface area contributed by atoms with Crippen molar-refractivity contribution in [1.82, 2.24) is 0 Å². The highest BCUT2D eigenvalue weighted by molar-refractivity contribution is 6.30. The van der Waals surface area contributed by atoms with Crippen molar-refractivity contribution < 1.29 is 0 Å². The van der Waals surface area contributed by atoms with Gasteiger partial charge in [0.25, 0.3) is 0 Å². The lowest BCUT2D eigenvalue weighted by Gasteiger charge is -2.13. The van der Waals surface area contributed by atoms with E-state index in [4.69, 9.17) is 16.6 Å². The molecule has 0 saturated carbocycles. The molecule has 0 fully saturated rings. The van der Waals surface area contributed by atoms with Gasteiger partial charge in [0.05, 0.1) is 6.04 Å². The summed E-state index contributed by atoms with van der Waals surface area (Å²) in [4.78, 5) is 4.80. The van der Waals surface area contributed by atoms with Crippen LogP contribution in [0.3, 0.4) is 0 Å². The normalized spacial score (nSPS) is 11.2. The lowest BCUT2D eigenvalue weighted by Crippen LogP contribution is -1.98. The fraction of sp³-hybridized carbons (Fsp3) is 0.0500. The molecule has 3 aromatic carbocycles. The van der Waals surface area contributed by atoms with Gasteiger partial charge in [0.15, 0.2) is 0 Å². The average molecular weight is 306 g/mol. The molecule has 0 heterocycles. The molecular weight excluding hydrogens is 290 g/mol. The maximum Gasteiger partial charge on any atom is 0.0999 e. The molecule has 108 valence electrons. The Morgan fingerprint density at radius 3 is 1.68 bits per heavy atom. The fourth-order valence-corrected chi connectivity index (χ4v) is 2.47. The Labute approximate surface area is 135 Å². The first-order chi connectivity index (χ1) is 10.8. The molecule has 0 spiro atoms. The number of nitrogens with zero attached hydrogens (tertiary/aromatic N) is 1. The molecule has 0 amide bonds. The molecule has 1 nitrogen and oxygen atoms in total. The summed E-state index contributed by atoms with van der Waals surface area (Å²) in [6, 6.07) is 28.4. The first-order valence-electron chi connectivity index (χ1n) is 7.21. The Balaban J connectivity index is 1.94. The molecule has 0 aliphatic rings. The van der Waals surface area contributed by atoms with Crippen LogP contribution >= 0.6 is 11.6 Å². The highest BCUT2D eigenvalue weighted by Crippen LogP contribution is 2.25. The summed E-state index contributed by atoms with van der Waals surface area (Å²) in [6.07, 6.45) is 1.90. The summed E-state index contributed by atoms with van der Waals surface area (Å²) in [5.41, 5.74) is 3.40. The third-order valence-electron chi connectivity index (χ3n) is 3.47. The summed E-state index contributed by atoms with van der Waals surface area (Å²) < 4.78 is 0. The van der Waals surface area contributed by atoms with E-state index in [1.54, 1.807) is 0 Å². The van der Waals surface area contributed by atoms with Gasteiger partial charge < -0.3 is 0 Å². The zero-order chi connectivity index (χ0) is 15.2. The lowest BCUT2D eigenvalue weighted by atomic mass is 9.99. The predicted octanol–water partition coefficient (Wildman–Crippen LogP) is 5.55. The zero-order valence-corrected chi connectivity index (χ0v) is 12.8. The molecule has 0 aromatic heterocycles. The molecule has 2 heteroatoms. The van der Waals surface area contributed by atoms with Crippen molar-refractivity contribution in [2.24, 2.45) is 4.99 Å². The quantitative estimate of drug-likeness (QED) is 0.560. The van der Waals surface area contributed by atoms with E-state index in [-0.39, 0.29) is 6.04 Å². The van der Waals surface area contributed by atoms with Crippen molar-refractivity contribution in [3.05, 3.63) is 107 Å². The van der Waals surface area contributed by atoms with Gasteiger partial charge in [-0.1, -0.05) is 84.4 Å². The van der Waals surface area contributed by atoms with E-state index in [0.29, 0.717) is 0 Å². The SMILES string of the molecule is Clc1ccc(/C=N/C(c2ccccc2)c2ccccc2)cc1. The monoisotopic (exact) mass is 305 g/mol. The molecule has 22 heavy (non-hydrogen) atoms. The summed E-state index contributed by atoms with van der Waals surface area (Å²) >= 11 is 5.92. The molecule has 3 aromatic rings. The molecule has 0 unspecified atom stereocenters. The summed E-state index contributed by atoms with van der Waals surface area (Å²) in [5, 5.41) is 0.736. The molecule has 0 N–H and O–H groups in total. The van der Waals surface area contributed by atoms with Gasteiger partial charge in [0.1, 0.15) is 0 Å². The summed E-state index contributed by atoms with van der Waals surface area (Å²) in [6.45, 7) is 0. The molecule has 0 aliphatic carbocycles. The van der Waals surface area contributed by atoms with E-state index in [0.717, 1.165) is 10.6 Å². The zero-order valence-electron chi connectivity index (χ0n) is 12.1. The Kier molecular flexibility index (Phi) is 4.67. The van der Waals surface area contributed by atoms with E-state index in [2.05, 4.69) is 24.3 Å². The van der Waals surface area contributed by atoms with Crippen LogP contribution in [-0.2, 0) is 0 Å². The van der Waals surface area contributed by atoms with Crippen molar-refractivity contribution in [3.63, 3.8) is 0 Å². The van der Waals surface area contributed by atoms with Crippen LogP contribution in [0.1, 0.15) is 22.7 Å². The van der Waals surface area contributed by atoms with Crippen LogP contribution < -0.4 is 0 Å². The fourth-order valence-electron chi connectivity index (χ4n) is 2.34. The standard InChI is InChI=1S/C20H16ClN/c21-19-13-11-16(12-14-19)15-22-20(17-7-3-1-4-8-17)18-9-5-2-6-10-18/h1-15,20H/b22-15+. The number of benzene rings is 3. The second kappa shape index (κ2) is 7.06. The summed E-state index contributed by atoms with van der Waals surface area (Å²) in [5.74, 6) is 0. The molecule has 0 atom stereocenters. The van der Waals surface area contributed by atoms with E-state index in [9.17, 15) is 0 Å². The van der Waals surface area contributed by atoms with Crippen molar-refractivity contribution in [2.45, 2.75) is 6.04 Å². The van der Waals surface area contributed by atoms with Crippen LogP contribution in [0.25, 0.3) is 0 Å². The van der Waals surface area contributed by atoms with Crippen molar-refractivity contribution in [3.8, 4) is 0 Å². The molecule has 0 bridgehead atoms. The van der Waals surface area contributed by atoms with E-state index in [1.165, 1.54) is 11.1 Å². The average Bonchev–Trinajstić information content (AvgIpc) is 2.59. The van der Waals surface area contributed by atoms with Gasteiger partial charge in [-0.2, -0.15) is 0 Å². The van der Waals surface area contributed by atoms with Gasteiger partial charge in [-0.05, 0) is 28.8 Å². The van der Waals surface area contributed by atoms with Crippen LogP contribution in [0.4, 0.5) is 0 Å². The molecular formula is C20H16ClN. The molecule has 0 aliphatic heterocycles. The minimum absolute atomic E-state index is 0.00178. The maximum absolute atomic E-state index is 5.92. The highest BCUT2D eigenvalue weighted by Gasteiger charge is 2.11. The van der Waals surface area contributed by atoms with Crippen molar-refractivity contribution >= 4 is 17.8 Å². The Morgan fingerprint density at radius 1 is 0.682 bits per heavy atom. The van der Waals surface area contributed by atoms with Crippen molar-refractivity contribution in [2.75, 3.05) is 0 Å². The van der Waals surface area contributed by atoms with E-state index >= 15 is 0 Å². The Bertz CT molecular complexity index is 694. The molecule has 0 radical (unpaired) electrons. The van der Waals surface area contributed by atoms with Crippen LogP contribution in [0, 0.1) is 0 Å². The minimum Gasteiger partial charge on any atom is -0.280 e. The van der Waals surface area contributed by atoms with Gasteiger partial charge in [-0.15, -0.1) is 0 Å². The number of halogens is 1. The minimum atomic E-state index is -0.00178. The first-order valence-corrected chi connectivity index (χ1v) is 7.59. The van der Waals surface area contributed by atoms with E-state index in [1.807, 2.05) is 66.9 Å². The van der Waals surface area contributed by atoms with Gasteiger partial charge >= 0.3 is 0 Å². The molecule has 3 rings (SSSR count). The highest BCUT2D eigenvalue weighted by atomic mass is 35.5.